The Labute approximate surface area is 222 Å². The van der Waals surface area contributed by atoms with Gasteiger partial charge in [-0.3, -0.25) is 9.59 Å². The highest BCUT2D eigenvalue weighted by Gasteiger charge is 2.31. The van der Waals surface area contributed by atoms with Gasteiger partial charge in [-0.15, -0.1) is 0 Å². The molecule has 0 saturated carbocycles. The summed E-state index contributed by atoms with van der Waals surface area (Å²) < 4.78 is 11.1. The first kappa shape index (κ1) is 27.4. The number of hydrogen-bond acceptors (Lipinski definition) is 4. The topological polar surface area (TPSA) is 67.9 Å². The van der Waals surface area contributed by atoms with E-state index < -0.39 is 6.04 Å². The summed E-state index contributed by atoms with van der Waals surface area (Å²) in [6.07, 6.45) is 0.324. The van der Waals surface area contributed by atoms with Gasteiger partial charge in [-0.2, -0.15) is 0 Å². The fourth-order valence-electron chi connectivity index (χ4n) is 3.73. The van der Waals surface area contributed by atoms with Crippen molar-refractivity contribution in [2.45, 2.75) is 38.9 Å². The molecule has 0 unspecified atom stereocenters. The molecule has 1 atom stereocenters. The monoisotopic (exact) mass is 528 g/mol. The first-order valence-electron chi connectivity index (χ1n) is 11.6. The van der Waals surface area contributed by atoms with E-state index >= 15 is 0 Å². The van der Waals surface area contributed by atoms with Crippen LogP contribution >= 0.6 is 23.2 Å². The molecule has 0 spiro atoms. The van der Waals surface area contributed by atoms with Gasteiger partial charge in [-0.25, -0.2) is 0 Å². The van der Waals surface area contributed by atoms with Gasteiger partial charge < -0.3 is 19.7 Å². The number of nitrogens with zero attached hydrogens (tertiary/aromatic N) is 1. The molecule has 6 nitrogen and oxygen atoms in total. The van der Waals surface area contributed by atoms with Gasteiger partial charge in [0.05, 0.1) is 7.11 Å². The predicted molar refractivity (Wildman–Crippen MR) is 143 cm³/mol. The van der Waals surface area contributed by atoms with E-state index in [9.17, 15) is 9.59 Å². The van der Waals surface area contributed by atoms with Crippen LogP contribution in [0.4, 0.5) is 0 Å². The van der Waals surface area contributed by atoms with Crippen LogP contribution in [-0.2, 0) is 22.6 Å². The molecule has 0 bridgehead atoms. The Bertz CT molecular complexity index is 1170. The van der Waals surface area contributed by atoms with E-state index in [0.717, 1.165) is 5.56 Å². The summed E-state index contributed by atoms with van der Waals surface area (Å²) in [5.74, 6) is 0.316. The predicted octanol–water partition coefficient (Wildman–Crippen LogP) is 5.55. The minimum absolute atomic E-state index is 0.100. The highest BCUT2D eigenvalue weighted by atomic mass is 35.5. The molecule has 2 amide bonds. The van der Waals surface area contributed by atoms with Gasteiger partial charge in [0.25, 0.3) is 5.91 Å². The maximum atomic E-state index is 13.6. The standard InChI is InChI=1S/C28H30Cl2N2O4/c1-19(2)31-28(34)24(15-20-9-5-4-6-10-20)32(17-21-13-14-22(29)16-23(21)30)27(33)18-36-26-12-8-7-11-25(26)35-3/h4-14,16,19,24H,15,17-18H2,1-3H3,(H,31,34)/t24-/m0/s1. The van der Waals surface area contributed by atoms with Crippen LogP contribution in [0, 0.1) is 0 Å². The minimum atomic E-state index is -0.796. The number of para-hydroxylation sites is 2. The van der Waals surface area contributed by atoms with E-state index in [4.69, 9.17) is 32.7 Å². The van der Waals surface area contributed by atoms with Crippen molar-refractivity contribution < 1.29 is 19.1 Å². The average Bonchev–Trinajstić information content (AvgIpc) is 2.86. The zero-order chi connectivity index (χ0) is 26.1. The van der Waals surface area contributed by atoms with E-state index in [1.54, 1.807) is 36.4 Å². The van der Waals surface area contributed by atoms with Crippen LogP contribution in [-0.4, -0.2) is 42.5 Å². The smallest absolute Gasteiger partial charge is 0.261 e. The van der Waals surface area contributed by atoms with Crippen LogP contribution in [0.3, 0.4) is 0 Å². The number of benzene rings is 3. The van der Waals surface area contributed by atoms with E-state index in [0.29, 0.717) is 33.5 Å². The summed E-state index contributed by atoms with van der Waals surface area (Å²) in [6, 6.07) is 20.8. The third-order valence-electron chi connectivity index (χ3n) is 5.48. The molecular formula is C28H30Cl2N2O4. The first-order chi connectivity index (χ1) is 17.3. The molecule has 3 aromatic carbocycles. The second-order valence-corrected chi connectivity index (χ2v) is 9.41. The third-order valence-corrected chi connectivity index (χ3v) is 6.06. The van der Waals surface area contributed by atoms with Gasteiger partial charge in [0, 0.05) is 29.1 Å². The Morgan fingerprint density at radius 3 is 2.25 bits per heavy atom. The molecule has 0 fully saturated rings. The number of nitrogens with one attached hydrogen (secondary N) is 1. The zero-order valence-corrected chi connectivity index (χ0v) is 22.1. The summed E-state index contributed by atoms with van der Waals surface area (Å²) in [4.78, 5) is 28.5. The molecule has 3 aromatic rings. The van der Waals surface area contributed by atoms with Crippen molar-refractivity contribution >= 4 is 35.0 Å². The van der Waals surface area contributed by atoms with Gasteiger partial charge in [-0.05, 0) is 49.2 Å². The van der Waals surface area contributed by atoms with E-state index in [-0.39, 0.29) is 31.0 Å². The van der Waals surface area contributed by atoms with Gasteiger partial charge in [-0.1, -0.05) is 71.7 Å². The molecule has 36 heavy (non-hydrogen) atoms. The normalized spacial score (nSPS) is 11.6. The van der Waals surface area contributed by atoms with Crippen molar-refractivity contribution in [3.63, 3.8) is 0 Å². The van der Waals surface area contributed by atoms with Crippen LogP contribution in [0.15, 0.2) is 72.8 Å². The Balaban J connectivity index is 1.95. The number of halogens is 2. The van der Waals surface area contributed by atoms with E-state index in [1.807, 2.05) is 50.2 Å². The third kappa shape index (κ3) is 7.64. The van der Waals surface area contributed by atoms with Crippen LogP contribution in [0.5, 0.6) is 11.5 Å². The summed E-state index contributed by atoms with van der Waals surface area (Å²) in [7, 11) is 1.53. The summed E-state index contributed by atoms with van der Waals surface area (Å²) in [5.41, 5.74) is 1.59. The molecule has 0 radical (unpaired) electrons. The van der Waals surface area contributed by atoms with Crippen molar-refractivity contribution in [3.8, 4) is 11.5 Å². The van der Waals surface area contributed by atoms with Crippen LogP contribution in [0.1, 0.15) is 25.0 Å². The molecular weight excluding hydrogens is 499 g/mol. The van der Waals surface area contributed by atoms with Crippen molar-refractivity contribution in [1.82, 2.24) is 10.2 Å². The molecule has 8 heteroatoms. The number of amides is 2. The maximum Gasteiger partial charge on any atom is 0.261 e. The minimum Gasteiger partial charge on any atom is -0.493 e. The molecule has 0 heterocycles. The Morgan fingerprint density at radius 1 is 0.944 bits per heavy atom. The molecule has 1 N–H and O–H groups in total. The Hall–Kier alpha value is -3.22. The lowest BCUT2D eigenvalue weighted by Crippen LogP contribution is -2.52. The van der Waals surface area contributed by atoms with Gasteiger partial charge in [0.1, 0.15) is 6.04 Å². The second kappa shape index (κ2) is 13.2. The lowest BCUT2D eigenvalue weighted by atomic mass is 10.0. The van der Waals surface area contributed by atoms with Gasteiger partial charge in [0.2, 0.25) is 5.91 Å². The van der Waals surface area contributed by atoms with Crippen molar-refractivity contribution in [1.29, 1.82) is 0 Å². The van der Waals surface area contributed by atoms with Crippen molar-refractivity contribution in [3.05, 3.63) is 94.0 Å². The fourth-order valence-corrected chi connectivity index (χ4v) is 4.20. The lowest BCUT2D eigenvalue weighted by Gasteiger charge is -2.32. The SMILES string of the molecule is COc1ccccc1OCC(=O)N(Cc1ccc(Cl)cc1Cl)[C@@H](Cc1ccccc1)C(=O)NC(C)C. The number of rotatable bonds is 11. The second-order valence-electron chi connectivity index (χ2n) is 8.57. The average molecular weight is 529 g/mol. The molecule has 0 aliphatic heterocycles. The number of carbonyl (C=O) groups is 2. The summed E-state index contributed by atoms with van der Waals surface area (Å²) in [6.45, 7) is 3.58. The largest absolute Gasteiger partial charge is 0.493 e. The number of ether oxygens (including phenoxy) is 2. The van der Waals surface area contributed by atoms with Crippen molar-refractivity contribution in [2.24, 2.45) is 0 Å². The highest BCUT2D eigenvalue weighted by molar-refractivity contribution is 6.35. The number of hydrogen-bond donors (Lipinski definition) is 1. The molecule has 0 saturated heterocycles. The van der Waals surface area contributed by atoms with Crippen LogP contribution in [0.25, 0.3) is 0 Å². The molecule has 0 aromatic heterocycles. The van der Waals surface area contributed by atoms with E-state index in [1.165, 1.54) is 12.0 Å². The zero-order valence-electron chi connectivity index (χ0n) is 20.5. The quantitative estimate of drug-likeness (QED) is 0.354. The van der Waals surface area contributed by atoms with Gasteiger partial charge >= 0.3 is 0 Å². The highest BCUT2D eigenvalue weighted by Crippen LogP contribution is 2.27. The van der Waals surface area contributed by atoms with Crippen LogP contribution < -0.4 is 14.8 Å². The van der Waals surface area contributed by atoms with E-state index in [2.05, 4.69) is 5.32 Å². The molecule has 0 aliphatic carbocycles. The number of methoxy groups -OCH3 is 1. The summed E-state index contributed by atoms with van der Waals surface area (Å²) >= 11 is 12.5. The maximum absolute atomic E-state index is 13.6. The molecule has 190 valence electrons. The number of carbonyl (C=O) groups excluding carboxylic acids is 2. The Morgan fingerprint density at radius 2 is 1.61 bits per heavy atom. The van der Waals surface area contributed by atoms with Gasteiger partial charge in [0.15, 0.2) is 18.1 Å². The fraction of sp³-hybridized carbons (Fsp3) is 0.286. The lowest BCUT2D eigenvalue weighted by molar-refractivity contribution is -0.143. The summed E-state index contributed by atoms with van der Waals surface area (Å²) in [5, 5.41) is 3.85. The van der Waals surface area contributed by atoms with Crippen LogP contribution in [0.2, 0.25) is 10.0 Å². The van der Waals surface area contributed by atoms with Crippen molar-refractivity contribution in [2.75, 3.05) is 13.7 Å². The molecule has 3 rings (SSSR count). The first-order valence-corrected chi connectivity index (χ1v) is 12.4. The Kier molecular flexibility index (Phi) is 10.0. The molecule has 0 aliphatic rings.